The Morgan fingerprint density at radius 2 is 1.88 bits per heavy atom. The largest absolute Gasteiger partial charge is 0.354 e. The molecule has 0 radical (unpaired) electrons. The molecular formula is C13H13ClN2. The summed E-state index contributed by atoms with van der Waals surface area (Å²) in [6, 6.07) is 13.9. The van der Waals surface area contributed by atoms with Crippen LogP contribution in [0.3, 0.4) is 0 Å². The molecule has 16 heavy (non-hydrogen) atoms. The maximum absolute atomic E-state index is 6.08. The van der Waals surface area contributed by atoms with Crippen LogP contribution in [0.5, 0.6) is 0 Å². The minimum atomic E-state index is 0.681. The lowest BCUT2D eigenvalue weighted by Crippen LogP contribution is -2.17. The SMILES string of the molecule is CN(Cc1ccccc1)c1ncccc1Cl. The van der Waals surface area contributed by atoms with Gasteiger partial charge in [-0.25, -0.2) is 4.98 Å². The maximum Gasteiger partial charge on any atom is 0.147 e. The molecular weight excluding hydrogens is 220 g/mol. The molecule has 2 nitrogen and oxygen atoms in total. The van der Waals surface area contributed by atoms with Crippen LogP contribution in [0.4, 0.5) is 5.82 Å². The normalized spacial score (nSPS) is 10.1. The molecule has 0 unspecified atom stereocenters. The van der Waals surface area contributed by atoms with E-state index in [0.717, 1.165) is 12.4 Å². The average Bonchev–Trinajstić information content (AvgIpc) is 2.31. The molecule has 1 aromatic heterocycles. The Hall–Kier alpha value is -1.54. The number of anilines is 1. The minimum absolute atomic E-state index is 0.681. The number of rotatable bonds is 3. The Morgan fingerprint density at radius 3 is 2.56 bits per heavy atom. The first-order chi connectivity index (χ1) is 7.77. The molecule has 1 aromatic carbocycles. The summed E-state index contributed by atoms with van der Waals surface area (Å²) in [4.78, 5) is 6.31. The van der Waals surface area contributed by atoms with E-state index in [-0.39, 0.29) is 0 Å². The van der Waals surface area contributed by atoms with Crippen molar-refractivity contribution in [2.24, 2.45) is 0 Å². The van der Waals surface area contributed by atoms with Gasteiger partial charge in [-0.05, 0) is 17.7 Å². The Balaban J connectivity index is 2.15. The van der Waals surface area contributed by atoms with Crippen LogP contribution in [0, 0.1) is 0 Å². The summed E-state index contributed by atoms with van der Waals surface area (Å²) in [6.07, 6.45) is 1.75. The van der Waals surface area contributed by atoms with E-state index >= 15 is 0 Å². The van der Waals surface area contributed by atoms with Gasteiger partial charge in [0.2, 0.25) is 0 Å². The Kier molecular flexibility index (Phi) is 3.42. The van der Waals surface area contributed by atoms with Crippen molar-refractivity contribution in [3.05, 3.63) is 59.2 Å². The summed E-state index contributed by atoms with van der Waals surface area (Å²) in [6.45, 7) is 0.803. The Bertz CT molecular complexity index is 456. The topological polar surface area (TPSA) is 16.1 Å². The summed E-state index contributed by atoms with van der Waals surface area (Å²) in [5, 5.41) is 0.681. The first kappa shape index (κ1) is 11.0. The van der Waals surface area contributed by atoms with Gasteiger partial charge < -0.3 is 4.90 Å². The molecule has 0 saturated heterocycles. The van der Waals surface area contributed by atoms with Gasteiger partial charge >= 0.3 is 0 Å². The molecule has 0 spiro atoms. The number of hydrogen-bond acceptors (Lipinski definition) is 2. The number of halogens is 1. The van der Waals surface area contributed by atoms with E-state index in [1.54, 1.807) is 6.20 Å². The molecule has 0 aliphatic rings. The van der Waals surface area contributed by atoms with Gasteiger partial charge in [0.1, 0.15) is 5.82 Å². The summed E-state index contributed by atoms with van der Waals surface area (Å²) >= 11 is 6.08. The first-order valence-corrected chi connectivity index (χ1v) is 5.51. The van der Waals surface area contributed by atoms with Crippen molar-refractivity contribution in [2.75, 3.05) is 11.9 Å². The lowest BCUT2D eigenvalue weighted by molar-refractivity contribution is 0.898. The van der Waals surface area contributed by atoms with E-state index in [1.807, 2.05) is 42.3 Å². The van der Waals surface area contributed by atoms with Gasteiger partial charge in [0.15, 0.2) is 0 Å². The molecule has 0 atom stereocenters. The van der Waals surface area contributed by atoms with E-state index in [4.69, 9.17) is 11.6 Å². The number of nitrogens with zero attached hydrogens (tertiary/aromatic N) is 2. The fourth-order valence-electron chi connectivity index (χ4n) is 1.59. The van der Waals surface area contributed by atoms with Crippen LogP contribution in [0.25, 0.3) is 0 Å². The second kappa shape index (κ2) is 4.99. The molecule has 2 rings (SSSR count). The summed E-state index contributed by atoms with van der Waals surface area (Å²) in [5.41, 5.74) is 1.24. The van der Waals surface area contributed by atoms with Crippen LogP contribution < -0.4 is 4.90 Å². The van der Waals surface area contributed by atoms with Crippen LogP contribution in [0.15, 0.2) is 48.7 Å². The highest BCUT2D eigenvalue weighted by molar-refractivity contribution is 6.32. The summed E-state index contributed by atoms with van der Waals surface area (Å²) in [7, 11) is 1.99. The second-order valence-corrected chi connectivity index (χ2v) is 4.06. The average molecular weight is 233 g/mol. The number of hydrogen-bond donors (Lipinski definition) is 0. The molecule has 0 aliphatic carbocycles. The molecule has 3 heteroatoms. The van der Waals surface area contributed by atoms with Crippen molar-refractivity contribution in [3.8, 4) is 0 Å². The lowest BCUT2D eigenvalue weighted by Gasteiger charge is -2.19. The smallest absolute Gasteiger partial charge is 0.147 e. The standard InChI is InChI=1S/C13H13ClN2/c1-16(10-11-6-3-2-4-7-11)13-12(14)8-5-9-15-13/h2-9H,10H2,1H3. The molecule has 0 saturated carbocycles. The van der Waals surface area contributed by atoms with Gasteiger partial charge in [0, 0.05) is 19.8 Å². The molecule has 0 amide bonds. The highest BCUT2D eigenvalue weighted by Gasteiger charge is 2.06. The molecule has 1 heterocycles. The fraction of sp³-hybridized carbons (Fsp3) is 0.154. The van der Waals surface area contributed by atoms with Gasteiger partial charge in [0.05, 0.1) is 5.02 Å². The zero-order valence-corrected chi connectivity index (χ0v) is 9.85. The van der Waals surface area contributed by atoms with Crippen LogP contribution in [0.2, 0.25) is 5.02 Å². The quantitative estimate of drug-likeness (QED) is 0.807. The van der Waals surface area contributed by atoms with Crippen molar-refractivity contribution in [1.29, 1.82) is 0 Å². The van der Waals surface area contributed by atoms with Crippen molar-refractivity contribution in [1.82, 2.24) is 4.98 Å². The number of benzene rings is 1. The number of aromatic nitrogens is 1. The van der Waals surface area contributed by atoms with Gasteiger partial charge in [-0.15, -0.1) is 0 Å². The third-order valence-electron chi connectivity index (χ3n) is 2.36. The van der Waals surface area contributed by atoms with E-state index in [9.17, 15) is 0 Å². The summed E-state index contributed by atoms with van der Waals surface area (Å²) in [5.74, 6) is 0.813. The lowest BCUT2D eigenvalue weighted by atomic mass is 10.2. The van der Waals surface area contributed by atoms with Crippen LogP contribution in [-0.2, 0) is 6.54 Å². The molecule has 82 valence electrons. The van der Waals surface area contributed by atoms with E-state index in [2.05, 4.69) is 17.1 Å². The van der Waals surface area contributed by atoms with Crippen molar-refractivity contribution in [3.63, 3.8) is 0 Å². The van der Waals surface area contributed by atoms with Crippen molar-refractivity contribution >= 4 is 17.4 Å². The monoisotopic (exact) mass is 232 g/mol. The second-order valence-electron chi connectivity index (χ2n) is 3.65. The van der Waals surface area contributed by atoms with Gasteiger partial charge in [-0.2, -0.15) is 0 Å². The van der Waals surface area contributed by atoms with Crippen molar-refractivity contribution in [2.45, 2.75) is 6.54 Å². The zero-order valence-electron chi connectivity index (χ0n) is 9.10. The Morgan fingerprint density at radius 1 is 1.12 bits per heavy atom. The van der Waals surface area contributed by atoms with Crippen LogP contribution >= 0.6 is 11.6 Å². The number of pyridine rings is 1. The van der Waals surface area contributed by atoms with Gasteiger partial charge in [-0.1, -0.05) is 41.9 Å². The van der Waals surface area contributed by atoms with E-state index < -0.39 is 0 Å². The molecule has 0 aliphatic heterocycles. The van der Waals surface area contributed by atoms with Crippen LogP contribution in [-0.4, -0.2) is 12.0 Å². The zero-order chi connectivity index (χ0) is 11.4. The third-order valence-corrected chi connectivity index (χ3v) is 2.66. The van der Waals surface area contributed by atoms with E-state index in [0.29, 0.717) is 5.02 Å². The molecule has 2 aromatic rings. The van der Waals surface area contributed by atoms with Crippen LogP contribution in [0.1, 0.15) is 5.56 Å². The highest BCUT2D eigenvalue weighted by Crippen LogP contribution is 2.22. The van der Waals surface area contributed by atoms with E-state index in [1.165, 1.54) is 5.56 Å². The summed E-state index contributed by atoms with van der Waals surface area (Å²) < 4.78 is 0. The molecule has 0 fully saturated rings. The molecule has 0 N–H and O–H groups in total. The predicted octanol–water partition coefficient (Wildman–Crippen LogP) is 3.37. The third kappa shape index (κ3) is 2.52. The Labute approximate surface area is 101 Å². The predicted molar refractivity (Wildman–Crippen MR) is 67.8 cm³/mol. The van der Waals surface area contributed by atoms with Gasteiger partial charge in [-0.3, -0.25) is 0 Å². The first-order valence-electron chi connectivity index (χ1n) is 5.13. The highest BCUT2D eigenvalue weighted by atomic mass is 35.5. The van der Waals surface area contributed by atoms with Crippen molar-refractivity contribution < 1.29 is 0 Å². The maximum atomic E-state index is 6.08. The molecule has 0 bridgehead atoms. The fourth-order valence-corrected chi connectivity index (χ4v) is 1.86. The minimum Gasteiger partial charge on any atom is -0.354 e. The van der Waals surface area contributed by atoms with Gasteiger partial charge in [0.25, 0.3) is 0 Å².